The lowest BCUT2D eigenvalue weighted by Gasteiger charge is -2.13. The molecular weight excluding hydrogens is 409 g/mol. The number of carbonyl (C=O) groups excluding carboxylic acids is 2. The Morgan fingerprint density at radius 3 is 2.00 bits per heavy atom. The normalized spacial score (nSPS) is 10.9. The number of benzene rings is 3. The molecule has 0 saturated heterocycles. The van der Waals surface area contributed by atoms with Crippen molar-refractivity contribution in [1.29, 1.82) is 0 Å². The first-order valence-corrected chi connectivity index (χ1v) is 10.3. The molecule has 30 heavy (non-hydrogen) atoms. The highest BCUT2D eigenvalue weighted by molar-refractivity contribution is 7.92. The molecule has 0 aliphatic rings. The summed E-state index contributed by atoms with van der Waals surface area (Å²) in [5.74, 6) is -1.27. The predicted molar refractivity (Wildman–Crippen MR) is 112 cm³/mol. The van der Waals surface area contributed by atoms with Crippen molar-refractivity contribution in [1.82, 2.24) is 0 Å². The number of anilines is 3. The minimum absolute atomic E-state index is 0.0367. The van der Waals surface area contributed by atoms with E-state index in [9.17, 15) is 22.4 Å². The predicted octanol–water partition coefficient (Wildman–Crippen LogP) is 3.84. The number of halogens is 1. The summed E-state index contributed by atoms with van der Waals surface area (Å²) in [6.07, 6.45) is 0. The van der Waals surface area contributed by atoms with E-state index in [1.165, 1.54) is 67.6 Å². The first-order valence-electron chi connectivity index (χ1n) is 8.81. The summed E-state index contributed by atoms with van der Waals surface area (Å²) in [5, 5.41) is 5.15. The van der Waals surface area contributed by atoms with Crippen molar-refractivity contribution in [3.8, 4) is 0 Å². The molecule has 3 aromatic rings. The topological polar surface area (TPSA) is 104 Å². The molecule has 3 N–H and O–H groups in total. The molecule has 0 saturated carbocycles. The van der Waals surface area contributed by atoms with Crippen LogP contribution in [0.4, 0.5) is 21.5 Å². The van der Waals surface area contributed by atoms with Crippen LogP contribution in [0.5, 0.6) is 0 Å². The Morgan fingerprint density at radius 1 is 0.800 bits per heavy atom. The average Bonchev–Trinajstić information content (AvgIpc) is 2.70. The molecule has 0 aliphatic carbocycles. The third-order valence-electron chi connectivity index (χ3n) is 4.00. The Balaban J connectivity index is 1.81. The van der Waals surface area contributed by atoms with Crippen molar-refractivity contribution in [2.24, 2.45) is 0 Å². The van der Waals surface area contributed by atoms with Gasteiger partial charge in [-0.2, -0.15) is 0 Å². The van der Waals surface area contributed by atoms with Gasteiger partial charge < -0.3 is 10.6 Å². The van der Waals surface area contributed by atoms with Crippen molar-refractivity contribution in [2.75, 3.05) is 15.4 Å². The van der Waals surface area contributed by atoms with E-state index in [0.29, 0.717) is 11.4 Å². The van der Waals surface area contributed by atoms with E-state index in [2.05, 4.69) is 15.4 Å². The largest absolute Gasteiger partial charge is 0.326 e. The van der Waals surface area contributed by atoms with Gasteiger partial charge in [0.1, 0.15) is 5.82 Å². The van der Waals surface area contributed by atoms with Gasteiger partial charge in [0.15, 0.2) is 0 Å². The summed E-state index contributed by atoms with van der Waals surface area (Å²) in [7, 11) is -3.99. The fourth-order valence-electron chi connectivity index (χ4n) is 2.63. The van der Waals surface area contributed by atoms with Crippen molar-refractivity contribution < 1.29 is 22.4 Å². The zero-order valence-corrected chi connectivity index (χ0v) is 16.7. The summed E-state index contributed by atoms with van der Waals surface area (Å²) in [4.78, 5) is 23.7. The van der Waals surface area contributed by atoms with Crippen LogP contribution >= 0.6 is 0 Å². The van der Waals surface area contributed by atoms with E-state index < -0.39 is 21.7 Å². The zero-order valence-electron chi connectivity index (χ0n) is 15.8. The maximum Gasteiger partial charge on any atom is 0.261 e. The zero-order chi connectivity index (χ0) is 21.7. The Hall–Kier alpha value is -3.72. The van der Waals surface area contributed by atoms with E-state index in [4.69, 9.17) is 0 Å². The van der Waals surface area contributed by atoms with Crippen LogP contribution in [0.1, 0.15) is 17.3 Å². The van der Waals surface area contributed by atoms with Gasteiger partial charge in [-0.1, -0.05) is 12.1 Å². The molecule has 0 spiro atoms. The molecule has 3 rings (SSSR count). The Kier molecular flexibility index (Phi) is 6.12. The smallest absolute Gasteiger partial charge is 0.261 e. The van der Waals surface area contributed by atoms with Crippen LogP contribution in [-0.2, 0) is 14.8 Å². The van der Waals surface area contributed by atoms with E-state index in [1.807, 2.05) is 0 Å². The highest BCUT2D eigenvalue weighted by Gasteiger charge is 2.19. The van der Waals surface area contributed by atoms with Crippen LogP contribution in [-0.4, -0.2) is 20.2 Å². The molecule has 0 bridgehead atoms. The van der Waals surface area contributed by atoms with Gasteiger partial charge in [0, 0.05) is 18.3 Å². The van der Waals surface area contributed by atoms with Gasteiger partial charge in [-0.25, -0.2) is 12.8 Å². The number of carbonyl (C=O) groups is 2. The molecule has 0 aromatic heterocycles. The van der Waals surface area contributed by atoms with E-state index in [-0.39, 0.29) is 22.1 Å². The summed E-state index contributed by atoms with van der Waals surface area (Å²) < 4.78 is 40.9. The number of sulfonamides is 1. The fraction of sp³-hybridized carbons (Fsp3) is 0.0476. The maximum atomic E-state index is 13.0. The quantitative estimate of drug-likeness (QED) is 0.556. The van der Waals surface area contributed by atoms with Crippen LogP contribution < -0.4 is 15.4 Å². The number of para-hydroxylation sites is 1. The molecular formula is C21H18FN3O4S. The molecule has 9 heteroatoms. The van der Waals surface area contributed by atoms with Crippen molar-refractivity contribution >= 4 is 38.9 Å². The van der Waals surface area contributed by atoms with E-state index in [1.54, 1.807) is 12.1 Å². The van der Waals surface area contributed by atoms with E-state index in [0.717, 1.165) is 0 Å². The van der Waals surface area contributed by atoms with Gasteiger partial charge in [-0.15, -0.1) is 0 Å². The molecule has 7 nitrogen and oxygen atoms in total. The first-order chi connectivity index (χ1) is 14.2. The average molecular weight is 427 g/mol. The molecule has 0 aliphatic heterocycles. The van der Waals surface area contributed by atoms with Crippen LogP contribution in [0, 0.1) is 5.82 Å². The second-order valence-electron chi connectivity index (χ2n) is 6.32. The Morgan fingerprint density at radius 2 is 1.37 bits per heavy atom. The summed E-state index contributed by atoms with van der Waals surface area (Å²) in [5.41, 5.74) is 1.01. The van der Waals surface area contributed by atoms with Crippen LogP contribution in [0.15, 0.2) is 77.7 Å². The van der Waals surface area contributed by atoms with Gasteiger partial charge >= 0.3 is 0 Å². The molecule has 0 atom stereocenters. The molecule has 154 valence electrons. The van der Waals surface area contributed by atoms with Crippen LogP contribution in [0.2, 0.25) is 0 Å². The van der Waals surface area contributed by atoms with Crippen LogP contribution in [0.3, 0.4) is 0 Å². The molecule has 0 heterocycles. The Bertz CT molecular complexity index is 1180. The van der Waals surface area contributed by atoms with E-state index >= 15 is 0 Å². The number of hydrogen-bond donors (Lipinski definition) is 3. The molecule has 0 fully saturated rings. The standard InChI is InChI=1S/C21H18FN3O4S/c1-14(26)23-16-10-12-18(13-11-16)30(28,29)25-20-5-3-2-4-19(20)21(27)24-17-8-6-15(22)7-9-17/h2-13,25H,1H3,(H,23,26)(H,24,27). The lowest BCUT2D eigenvalue weighted by molar-refractivity contribution is -0.114. The minimum Gasteiger partial charge on any atom is -0.326 e. The third kappa shape index (κ3) is 5.21. The second-order valence-corrected chi connectivity index (χ2v) is 8.00. The highest BCUT2D eigenvalue weighted by Crippen LogP contribution is 2.22. The Labute approximate surface area is 173 Å². The third-order valence-corrected chi connectivity index (χ3v) is 5.38. The summed E-state index contributed by atoms with van der Waals surface area (Å²) >= 11 is 0. The second kappa shape index (κ2) is 8.75. The molecule has 3 aromatic carbocycles. The summed E-state index contributed by atoms with van der Waals surface area (Å²) in [6, 6.07) is 16.9. The number of hydrogen-bond acceptors (Lipinski definition) is 4. The van der Waals surface area contributed by atoms with Gasteiger partial charge in [0.25, 0.3) is 15.9 Å². The van der Waals surface area contributed by atoms with Crippen LogP contribution in [0.25, 0.3) is 0 Å². The first kappa shape index (κ1) is 21.0. The van der Waals surface area contributed by atoms with Gasteiger partial charge in [-0.05, 0) is 60.7 Å². The maximum absolute atomic E-state index is 13.0. The van der Waals surface area contributed by atoms with Gasteiger partial charge in [0.05, 0.1) is 16.1 Å². The molecule has 0 radical (unpaired) electrons. The van der Waals surface area contributed by atoms with Gasteiger partial charge in [0.2, 0.25) is 5.91 Å². The SMILES string of the molecule is CC(=O)Nc1ccc(S(=O)(=O)Nc2ccccc2C(=O)Nc2ccc(F)cc2)cc1. The van der Waals surface area contributed by atoms with Crippen molar-refractivity contribution in [3.63, 3.8) is 0 Å². The summed E-state index contributed by atoms with van der Waals surface area (Å²) in [6.45, 7) is 1.35. The minimum atomic E-state index is -3.99. The lowest BCUT2D eigenvalue weighted by atomic mass is 10.1. The fourth-order valence-corrected chi connectivity index (χ4v) is 3.71. The van der Waals surface area contributed by atoms with Gasteiger partial charge in [-0.3, -0.25) is 14.3 Å². The van der Waals surface area contributed by atoms with Crippen molar-refractivity contribution in [3.05, 3.63) is 84.2 Å². The molecule has 2 amide bonds. The number of amides is 2. The molecule has 0 unspecified atom stereocenters. The highest BCUT2D eigenvalue weighted by atomic mass is 32.2. The van der Waals surface area contributed by atoms with Crippen molar-refractivity contribution in [2.45, 2.75) is 11.8 Å². The monoisotopic (exact) mass is 427 g/mol. The number of nitrogens with one attached hydrogen (secondary N) is 3. The lowest BCUT2D eigenvalue weighted by Crippen LogP contribution is -2.18. The number of rotatable bonds is 6.